The fraction of sp³-hybridized carbons (Fsp3) is 0.100. The van der Waals surface area contributed by atoms with Gasteiger partial charge in [0.05, 0.1) is 11.2 Å². The molecule has 1 aromatic carbocycles. The van der Waals surface area contributed by atoms with Crippen molar-refractivity contribution in [2.75, 3.05) is 5.73 Å². The van der Waals surface area contributed by atoms with Gasteiger partial charge in [-0.15, -0.1) is 0 Å². The van der Waals surface area contributed by atoms with Gasteiger partial charge in [-0.3, -0.25) is 0 Å². The lowest BCUT2D eigenvalue weighted by molar-refractivity contribution is -0.143. The second kappa shape index (κ2) is 3.33. The molecule has 2 aromatic rings. The zero-order valence-corrected chi connectivity index (χ0v) is 7.85. The quantitative estimate of drug-likeness (QED) is 0.706. The fourth-order valence-electron chi connectivity index (χ4n) is 1.40. The molecule has 0 aliphatic carbocycles. The molecule has 2 rings (SSSR count). The molecule has 1 aromatic heterocycles. The number of rotatable bonds is 0. The van der Waals surface area contributed by atoms with E-state index in [2.05, 4.69) is 4.98 Å². The minimum atomic E-state index is -4.85. The first-order chi connectivity index (χ1) is 7.41. The third-order valence-electron chi connectivity index (χ3n) is 2.14. The summed E-state index contributed by atoms with van der Waals surface area (Å²) in [7, 11) is 0. The SMILES string of the molecule is Nc1c(F)c(C(F)(F)F)nc2ccccc12. The van der Waals surface area contributed by atoms with Gasteiger partial charge in [0.2, 0.25) is 0 Å². The smallest absolute Gasteiger partial charge is 0.396 e. The number of para-hydroxylation sites is 1. The van der Waals surface area contributed by atoms with Gasteiger partial charge in [0.1, 0.15) is 0 Å². The van der Waals surface area contributed by atoms with Crippen LogP contribution < -0.4 is 5.73 Å². The van der Waals surface area contributed by atoms with Gasteiger partial charge in [-0.25, -0.2) is 9.37 Å². The van der Waals surface area contributed by atoms with Crippen molar-refractivity contribution in [3.63, 3.8) is 0 Å². The van der Waals surface area contributed by atoms with Gasteiger partial charge in [-0.1, -0.05) is 18.2 Å². The Hall–Kier alpha value is -1.85. The number of pyridine rings is 1. The van der Waals surface area contributed by atoms with E-state index in [1.54, 1.807) is 6.07 Å². The number of fused-ring (bicyclic) bond motifs is 1. The molecule has 0 aliphatic rings. The molecular formula is C10H6F4N2. The van der Waals surface area contributed by atoms with Crippen molar-refractivity contribution in [3.8, 4) is 0 Å². The summed E-state index contributed by atoms with van der Waals surface area (Å²) in [6.45, 7) is 0. The molecule has 0 radical (unpaired) electrons. The van der Waals surface area contributed by atoms with Gasteiger partial charge in [0.25, 0.3) is 0 Å². The van der Waals surface area contributed by atoms with Crippen molar-refractivity contribution in [1.29, 1.82) is 0 Å². The van der Waals surface area contributed by atoms with E-state index in [0.717, 1.165) is 0 Å². The standard InChI is InChI=1S/C10H6F4N2/c11-7-8(15)5-3-1-2-4-6(5)16-9(7)10(12,13)14/h1-4H,(H2,15,16). The molecule has 2 nitrogen and oxygen atoms in total. The number of alkyl halides is 3. The van der Waals surface area contributed by atoms with Gasteiger partial charge in [0, 0.05) is 5.39 Å². The second-order valence-corrected chi connectivity index (χ2v) is 3.20. The second-order valence-electron chi connectivity index (χ2n) is 3.20. The Balaban J connectivity index is 2.84. The van der Waals surface area contributed by atoms with E-state index in [9.17, 15) is 17.6 Å². The summed E-state index contributed by atoms with van der Waals surface area (Å²) in [5, 5.41) is 0.174. The van der Waals surface area contributed by atoms with Crippen molar-refractivity contribution in [3.05, 3.63) is 35.8 Å². The van der Waals surface area contributed by atoms with E-state index in [0.29, 0.717) is 0 Å². The normalized spacial score (nSPS) is 12.0. The monoisotopic (exact) mass is 230 g/mol. The first-order valence-electron chi connectivity index (χ1n) is 4.32. The lowest BCUT2D eigenvalue weighted by atomic mass is 10.1. The molecule has 0 atom stereocenters. The molecule has 0 saturated heterocycles. The summed E-state index contributed by atoms with van der Waals surface area (Å²) in [5.74, 6) is -1.52. The van der Waals surface area contributed by atoms with Crippen LogP contribution in [0.2, 0.25) is 0 Å². The molecule has 1 heterocycles. The number of nitrogens with two attached hydrogens (primary N) is 1. The predicted molar refractivity (Wildman–Crippen MR) is 51.1 cm³/mol. The molecule has 16 heavy (non-hydrogen) atoms. The highest BCUT2D eigenvalue weighted by Gasteiger charge is 2.37. The maximum absolute atomic E-state index is 13.3. The van der Waals surface area contributed by atoms with Crippen LogP contribution in [0.4, 0.5) is 23.2 Å². The minimum Gasteiger partial charge on any atom is -0.396 e. The van der Waals surface area contributed by atoms with E-state index in [-0.39, 0.29) is 10.9 Å². The Bertz CT molecular complexity index is 548. The van der Waals surface area contributed by atoms with Gasteiger partial charge >= 0.3 is 6.18 Å². The lowest BCUT2D eigenvalue weighted by Crippen LogP contribution is -2.13. The largest absolute Gasteiger partial charge is 0.436 e. The summed E-state index contributed by atoms with van der Waals surface area (Å²) in [6.07, 6.45) is -4.85. The highest BCUT2D eigenvalue weighted by Crippen LogP contribution is 2.34. The number of nitrogens with zero attached hydrogens (tertiary/aromatic N) is 1. The Morgan fingerprint density at radius 2 is 1.75 bits per heavy atom. The Morgan fingerprint density at radius 1 is 1.12 bits per heavy atom. The van der Waals surface area contributed by atoms with Crippen molar-refractivity contribution < 1.29 is 17.6 Å². The molecule has 0 bridgehead atoms. The minimum absolute atomic E-state index is 0.0220. The average Bonchev–Trinajstić information content (AvgIpc) is 2.22. The molecule has 0 amide bonds. The van der Waals surface area contributed by atoms with Crippen LogP contribution in [-0.2, 0) is 6.18 Å². The first-order valence-corrected chi connectivity index (χ1v) is 4.32. The zero-order chi connectivity index (χ0) is 11.9. The van der Waals surface area contributed by atoms with Gasteiger partial charge in [-0.05, 0) is 6.07 Å². The first kappa shape index (κ1) is 10.7. The average molecular weight is 230 g/mol. The van der Waals surface area contributed by atoms with Crippen LogP contribution in [0.25, 0.3) is 10.9 Å². The molecule has 0 fully saturated rings. The molecule has 0 saturated carbocycles. The number of nitrogen functional groups attached to an aromatic ring is 1. The summed E-state index contributed by atoms with van der Waals surface area (Å²) in [6, 6.07) is 5.82. The highest BCUT2D eigenvalue weighted by molar-refractivity contribution is 5.90. The maximum atomic E-state index is 13.3. The number of benzene rings is 1. The molecule has 84 valence electrons. The topological polar surface area (TPSA) is 38.9 Å². The fourth-order valence-corrected chi connectivity index (χ4v) is 1.40. The summed E-state index contributed by atoms with van der Waals surface area (Å²) in [4.78, 5) is 3.23. The summed E-state index contributed by atoms with van der Waals surface area (Å²) in [5.41, 5.74) is 3.21. The van der Waals surface area contributed by atoms with Crippen molar-refractivity contribution in [1.82, 2.24) is 4.98 Å². The Morgan fingerprint density at radius 3 is 2.38 bits per heavy atom. The Kier molecular flexibility index (Phi) is 2.22. The molecular weight excluding hydrogens is 224 g/mol. The van der Waals surface area contributed by atoms with E-state index < -0.39 is 23.4 Å². The molecule has 0 unspecified atom stereocenters. The van der Waals surface area contributed by atoms with Gasteiger partial charge in [-0.2, -0.15) is 13.2 Å². The molecule has 0 aliphatic heterocycles. The number of hydrogen-bond acceptors (Lipinski definition) is 2. The lowest BCUT2D eigenvalue weighted by Gasteiger charge is -2.10. The van der Waals surface area contributed by atoms with E-state index in [4.69, 9.17) is 5.73 Å². The van der Waals surface area contributed by atoms with Crippen LogP contribution >= 0.6 is 0 Å². The maximum Gasteiger partial charge on any atom is 0.436 e. The van der Waals surface area contributed by atoms with Crippen molar-refractivity contribution in [2.45, 2.75) is 6.18 Å². The van der Waals surface area contributed by atoms with Crippen molar-refractivity contribution in [2.24, 2.45) is 0 Å². The number of hydrogen-bond donors (Lipinski definition) is 1. The zero-order valence-electron chi connectivity index (χ0n) is 7.85. The van der Waals surface area contributed by atoms with E-state index in [1.165, 1.54) is 18.2 Å². The van der Waals surface area contributed by atoms with Crippen molar-refractivity contribution >= 4 is 16.6 Å². The third-order valence-corrected chi connectivity index (χ3v) is 2.14. The third kappa shape index (κ3) is 1.56. The highest BCUT2D eigenvalue weighted by atomic mass is 19.4. The van der Waals surface area contributed by atoms with Gasteiger partial charge < -0.3 is 5.73 Å². The van der Waals surface area contributed by atoms with Crippen LogP contribution in [0.3, 0.4) is 0 Å². The Labute approximate surface area is 87.7 Å². The molecule has 0 spiro atoms. The summed E-state index contributed by atoms with van der Waals surface area (Å²) >= 11 is 0. The summed E-state index contributed by atoms with van der Waals surface area (Å²) < 4.78 is 50.5. The number of anilines is 1. The van der Waals surface area contributed by atoms with Crippen LogP contribution in [0, 0.1) is 5.82 Å². The number of halogens is 4. The van der Waals surface area contributed by atoms with Crippen LogP contribution in [0.5, 0.6) is 0 Å². The van der Waals surface area contributed by atoms with Crippen LogP contribution in [0.15, 0.2) is 24.3 Å². The van der Waals surface area contributed by atoms with E-state index >= 15 is 0 Å². The molecule has 6 heteroatoms. The van der Waals surface area contributed by atoms with E-state index in [1.807, 2.05) is 0 Å². The molecule has 2 N–H and O–H groups in total. The van der Waals surface area contributed by atoms with Crippen LogP contribution in [-0.4, -0.2) is 4.98 Å². The predicted octanol–water partition coefficient (Wildman–Crippen LogP) is 2.97. The number of aromatic nitrogens is 1. The van der Waals surface area contributed by atoms with Crippen LogP contribution in [0.1, 0.15) is 5.69 Å². The van der Waals surface area contributed by atoms with Gasteiger partial charge in [0.15, 0.2) is 11.5 Å².